The Labute approximate surface area is 74.7 Å². The molecule has 1 fully saturated rings. The SMILES string of the molecule is CNCC(=O)CCC1CCCC1. The molecule has 1 aliphatic carbocycles. The zero-order valence-corrected chi connectivity index (χ0v) is 7.94. The monoisotopic (exact) mass is 169 g/mol. The molecule has 1 saturated carbocycles. The maximum absolute atomic E-state index is 11.1. The molecule has 0 unspecified atom stereocenters. The molecule has 0 amide bonds. The predicted octanol–water partition coefficient (Wildman–Crippen LogP) is 1.75. The van der Waals surface area contributed by atoms with Gasteiger partial charge in [0.2, 0.25) is 0 Å². The van der Waals surface area contributed by atoms with Gasteiger partial charge in [-0.2, -0.15) is 0 Å². The van der Waals surface area contributed by atoms with Gasteiger partial charge < -0.3 is 5.32 Å². The van der Waals surface area contributed by atoms with Crippen LogP contribution in [0.3, 0.4) is 0 Å². The van der Waals surface area contributed by atoms with E-state index in [0.717, 1.165) is 18.8 Å². The van der Waals surface area contributed by atoms with E-state index in [1.165, 1.54) is 25.7 Å². The minimum atomic E-state index is 0.365. The average Bonchev–Trinajstić information content (AvgIpc) is 2.53. The van der Waals surface area contributed by atoms with E-state index >= 15 is 0 Å². The van der Waals surface area contributed by atoms with Crippen LogP contribution in [0.25, 0.3) is 0 Å². The Morgan fingerprint density at radius 3 is 2.67 bits per heavy atom. The van der Waals surface area contributed by atoms with Gasteiger partial charge in [-0.15, -0.1) is 0 Å². The number of rotatable bonds is 5. The number of carbonyl (C=O) groups excluding carboxylic acids is 1. The van der Waals surface area contributed by atoms with Crippen molar-refractivity contribution in [2.24, 2.45) is 5.92 Å². The normalized spacial score (nSPS) is 18.4. The molecule has 1 N–H and O–H groups in total. The highest BCUT2D eigenvalue weighted by molar-refractivity contribution is 5.80. The van der Waals surface area contributed by atoms with Gasteiger partial charge in [0.15, 0.2) is 0 Å². The molecule has 0 heterocycles. The molecule has 0 bridgehead atoms. The summed E-state index contributed by atoms with van der Waals surface area (Å²) in [6.07, 6.45) is 7.38. The Bertz CT molecular complexity index is 139. The van der Waals surface area contributed by atoms with Gasteiger partial charge in [-0.1, -0.05) is 25.7 Å². The van der Waals surface area contributed by atoms with Crippen molar-refractivity contribution in [1.82, 2.24) is 5.32 Å². The van der Waals surface area contributed by atoms with Crippen molar-refractivity contribution in [1.29, 1.82) is 0 Å². The lowest BCUT2D eigenvalue weighted by Crippen LogP contribution is -2.18. The molecule has 0 aliphatic heterocycles. The standard InChI is InChI=1S/C10H19NO/c1-11-8-10(12)7-6-9-4-2-3-5-9/h9,11H,2-8H2,1H3. The highest BCUT2D eigenvalue weighted by atomic mass is 16.1. The summed E-state index contributed by atoms with van der Waals surface area (Å²) in [7, 11) is 1.83. The van der Waals surface area contributed by atoms with E-state index < -0.39 is 0 Å². The number of carbonyl (C=O) groups is 1. The molecule has 0 atom stereocenters. The van der Waals surface area contributed by atoms with Crippen LogP contribution in [-0.2, 0) is 4.79 Å². The molecule has 0 aromatic heterocycles. The summed E-state index contributed by atoms with van der Waals surface area (Å²) >= 11 is 0. The van der Waals surface area contributed by atoms with Gasteiger partial charge in [-0.05, 0) is 19.4 Å². The first-order chi connectivity index (χ1) is 5.83. The first-order valence-electron chi connectivity index (χ1n) is 4.99. The van der Waals surface area contributed by atoms with Gasteiger partial charge in [-0.3, -0.25) is 4.79 Å². The molecule has 0 aromatic carbocycles. The third-order valence-electron chi connectivity index (χ3n) is 2.68. The number of likely N-dealkylation sites (N-methyl/N-ethyl adjacent to an activating group) is 1. The Morgan fingerprint density at radius 1 is 1.42 bits per heavy atom. The number of hydrogen-bond donors (Lipinski definition) is 1. The van der Waals surface area contributed by atoms with Crippen LogP contribution in [0.15, 0.2) is 0 Å². The predicted molar refractivity (Wildman–Crippen MR) is 50.1 cm³/mol. The van der Waals surface area contributed by atoms with Crippen LogP contribution in [0.5, 0.6) is 0 Å². The summed E-state index contributed by atoms with van der Waals surface area (Å²) in [4.78, 5) is 11.1. The van der Waals surface area contributed by atoms with Gasteiger partial charge in [0.05, 0.1) is 6.54 Å². The van der Waals surface area contributed by atoms with Gasteiger partial charge in [0.1, 0.15) is 5.78 Å². The molecule has 2 nitrogen and oxygen atoms in total. The largest absolute Gasteiger partial charge is 0.313 e. The number of nitrogens with one attached hydrogen (secondary N) is 1. The third-order valence-corrected chi connectivity index (χ3v) is 2.68. The molecular weight excluding hydrogens is 150 g/mol. The maximum atomic E-state index is 11.1. The van der Waals surface area contributed by atoms with E-state index in [9.17, 15) is 4.79 Å². The van der Waals surface area contributed by atoms with Crippen molar-refractivity contribution in [2.75, 3.05) is 13.6 Å². The van der Waals surface area contributed by atoms with Crippen LogP contribution in [-0.4, -0.2) is 19.4 Å². The van der Waals surface area contributed by atoms with Crippen molar-refractivity contribution in [3.05, 3.63) is 0 Å². The second-order valence-corrected chi connectivity index (χ2v) is 3.76. The summed E-state index contributed by atoms with van der Waals surface area (Å²) < 4.78 is 0. The van der Waals surface area contributed by atoms with E-state index in [2.05, 4.69) is 5.32 Å². The highest BCUT2D eigenvalue weighted by Gasteiger charge is 2.15. The Kier molecular flexibility index (Phi) is 4.30. The summed E-state index contributed by atoms with van der Waals surface area (Å²) in [5, 5.41) is 2.89. The Balaban J connectivity index is 2.03. The summed E-state index contributed by atoms with van der Waals surface area (Å²) in [5.74, 6) is 1.22. The van der Waals surface area contributed by atoms with Crippen LogP contribution < -0.4 is 5.32 Å². The molecule has 1 rings (SSSR count). The second-order valence-electron chi connectivity index (χ2n) is 3.76. The summed E-state index contributed by atoms with van der Waals surface area (Å²) in [6.45, 7) is 0.548. The van der Waals surface area contributed by atoms with E-state index in [0.29, 0.717) is 12.3 Å². The molecular formula is C10H19NO. The number of hydrogen-bond acceptors (Lipinski definition) is 2. The van der Waals surface area contributed by atoms with E-state index in [-0.39, 0.29) is 0 Å². The first-order valence-corrected chi connectivity index (χ1v) is 4.99. The fourth-order valence-electron chi connectivity index (χ4n) is 1.95. The zero-order valence-electron chi connectivity index (χ0n) is 7.94. The molecule has 0 aromatic rings. The molecule has 0 radical (unpaired) electrons. The van der Waals surface area contributed by atoms with Crippen molar-refractivity contribution >= 4 is 5.78 Å². The minimum absolute atomic E-state index is 0.365. The first kappa shape index (κ1) is 9.72. The third kappa shape index (κ3) is 3.35. The molecule has 2 heteroatoms. The topological polar surface area (TPSA) is 29.1 Å². The van der Waals surface area contributed by atoms with E-state index in [1.54, 1.807) is 0 Å². The molecule has 0 saturated heterocycles. The van der Waals surface area contributed by atoms with Crippen molar-refractivity contribution in [2.45, 2.75) is 38.5 Å². The fraction of sp³-hybridized carbons (Fsp3) is 0.900. The van der Waals surface area contributed by atoms with Crippen LogP contribution in [0.1, 0.15) is 38.5 Å². The Morgan fingerprint density at radius 2 is 2.08 bits per heavy atom. The summed E-state index contributed by atoms with van der Waals surface area (Å²) in [6, 6.07) is 0. The Hall–Kier alpha value is -0.370. The zero-order chi connectivity index (χ0) is 8.81. The smallest absolute Gasteiger partial charge is 0.146 e. The maximum Gasteiger partial charge on any atom is 0.146 e. The van der Waals surface area contributed by atoms with Crippen LogP contribution in [0.2, 0.25) is 0 Å². The lowest BCUT2D eigenvalue weighted by atomic mass is 10.0. The number of Topliss-reactive ketones (excluding diaryl/α,β-unsaturated/α-hetero) is 1. The number of ketones is 1. The lowest BCUT2D eigenvalue weighted by molar-refractivity contribution is -0.118. The molecule has 1 aliphatic rings. The second kappa shape index (κ2) is 5.31. The van der Waals surface area contributed by atoms with E-state index in [1.807, 2.05) is 7.05 Å². The van der Waals surface area contributed by atoms with Crippen molar-refractivity contribution < 1.29 is 4.79 Å². The lowest BCUT2D eigenvalue weighted by Gasteiger charge is -2.06. The highest BCUT2D eigenvalue weighted by Crippen LogP contribution is 2.28. The van der Waals surface area contributed by atoms with Gasteiger partial charge in [-0.25, -0.2) is 0 Å². The van der Waals surface area contributed by atoms with Gasteiger partial charge in [0.25, 0.3) is 0 Å². The molecule has 0 spiro atoms. The minimum Gasteiger partial charge on any atom is -0.313 e. The average molecular weight is 169 g/mol. The molecule has 12 heavy (non-hydrogen) atoms. The van der Waals surface area contributed by atoms with E-state index in [4.69, 9.17) is 0 Å². The quantitative estimate of drug-likeness (QED) is 0.679. The fourth-order valence-corrected chi connectivity index (χ4v) is 1.95. The van der Waals surface area contributed by atoms with Crippen molar-refractivity contribution in [3.8, 4) is 0 Å². The van der Waals surface area contributed by atoms with Gasteiger partial charge in [0, 0.05) is 6.42 Å². The van der Waals surface area contributed by atoms with Gasteiger partial charge >= 0.3 is 0 Å². The van der Waals surface area contributed by atoms with Crippen LogP contribution >= 0.6 is 0 Å². The van der Waals surface area contributed by atoms with Crippen molar-refractivity contribution in [3.63, 3.8) is 0 Å². The van der Waals surface area contributed by atoms with Crippen LogP contribution in [0, 0.1) is 5.92 Å². The van der Waals surface area contributed by atoms with Crippen LogP contribution in [0.4, 0.5) is 0 Å². The summed E-state index contributed by atoms with van der Waals surface area (Å²) in [5.41, 5.74) is 0. The molecule has 70 valence electrons.